The molecule has 0 amide bonds. The van der Waals surface area contributed by atoms with Crippen molar-refractivity contribution < 1.29 is 36.3 Å². The molecule has 0 N–H and O–H groups in total. The van der Waals surface area contributed by atoms with Crippen LogP contribution in [-0.2, 0) is 55.2 Å². The Balaban J connectivity index is 3.22. The summed E-state index contributed by atoms with van der Waals surface area (Å²) < 4.78 is 62.8. The van der Waals surface area contributed by atoms with Gasteiger partial charge >= 0.3 is 23.9 Å². The summed E-state index contributed by atoms with van der Waals surface area (Å²) in [4.78, 5) is 0. The van der Waals surface area contributed by atoms with Crippen molar-refractivity contribution in [1.82, 2.24) is 0 Å². The highest BCUT2D eigenvalue weighted by molar-refractivity contribution is 7.53. The molecule has 0 radical (unpaired) electrons. The molecule has 1 aromatic rings. The molecule has 0 saturated heterocycles. The first kappa shape index (κ1) is 25.6. The van der Waals surface area contributed by atoms with E-state index in [9.17, 15) is 13.7 Å². The highest BCUT2D eigenvalue weighted by atomic mass is 31.2. The largest absolute Gasteiger partial charge is 0.335 e. The molecule has 0 aromatic heterocycles. The Morgan fingerprint density at radius 2 is 1.07 bits per heavy atom. The van der Waals surface area contributed by atoms with E-state index in [0.29, 0.717) is 16.7 Å². The molecule has 0 aliphatic carbocycles. The summed E-state index contributed by atoms with van der Waals surface area (Å²) in [5, 5.41) is 0. The number of benzene rings is 1. The Hall–Kier alpha value is -0.420. The number of rotatable bonds is 15. The molecule has 0 heterocycles. The van der Waals surface area contributed by atoms with Crippen LogP contribution in [0.3, 0.4) is 0 Å². The van der Waals surface area contributed by atoms with Gasteiger partial charge in [0.05, 0.1) is 45.4 Å². The Morgan fingerprint density at radius 1 is 0.714 bits per heavy atom. The molecule has 0 aliphatic heterocycles. The van der Waals surface area contributed by atoms with Crippen LogP contribution in [0.25, 0.3) is 0 Å². The van der Waals surface area contributed by atoms with Crippen molar-refractivity contribution in [2.75, 3.05) is 26.4 Å². The summed E-state index contributed by atoms with van der Waals surface area (Å²) in [6.45, 7) is 8.08. The summed E-state index contributed by atoms with van der Waals surface area (Å²) in [6.07, 6.45) is 0.108. The van der Waals surface area contributed by atoms with Crippen LogP contribution in [0.15, 0.2) is 18.2 Å². The van der Waals surface area contributed by atoms with Crippen molar-refractivity contribution in [3.05, 3.63) is 34.9 Å². The predicted molar refractivity (Wildman–Crippen MR) is 108 cm³/mol. The maximum Gasteiger partial charge on any atom is 0.335 e. The first-order valence-corrected chi connectivity index (χ1v) is 13.3. The molecule has 0 saturated carbocycles. The second kappa shape index (κ2) is 13.0. The summed E-state index contributed by atoms with van der Waals surface area (Å²) in [7, 11) is -7.09. The van der Waals surface area contributed by atoms with Crippen molar-refractivity contribution >= 4 is 23.9 Å². The molecule has 0 unspecified atom stereocenters. The molecule has 0 bridgehead atoms. The first-order valence-electron chi connectivity index (χ1n) is 9.16. The monoisotopic (exact) mass is 454 g/mol. The minimum absolute atomic E-state index is 0.0538. The van der Waals surface area contributed by atoms with E-state index in [2.05, 4.69) is 0 Å². The third kappa shape index (κ3) is 8.94. The van der Waals surface area contributed by atoms with Gasteiger partial charge < -0.3 is 18.1 Å². The quantitative estimate of drug-likeness (QED) is 0.300. The van der Waals surface area contributed by atoms with Gasteiger partial charge in [0.2, 0.25) is 0 Å². The maximum absolute atomic E-state index is 12.9. The standard InChI is InChI=1S/C17H29O8P3/c1-5-22-27(19,23-6-2)13-16-9-15(12-21-26-18)10-17(11-16)14-28(20,24-7-3)25-8-4/h9-11H,5-8,12-14H2,1-4H3. The fourth-order valence-corrected chi connectivity index (χ4v) is 6.25. The highest BCUT2D eigenvalue weighted by Gasteiger charge is 2.27. The maximum atomic E-state index is 12.9. The first-order chi connectivity index (χ1) is 13.3. The minimum atomic E-state index is -3.32. The molecule has 8 nitrogen and oxygen atoms in total. The van der Waals surface area contributed by atoms with Gasteiger partial charge in [-0.2, -0.15) is 0 Å². The average molecular weight is 454 g/mol. The van der Waals surface area contributed by atoms with Crippen LogP contribution in [0.4, 0.5) is 0 Å². The van der Waals surface area contributed by atoms with Crippen LogP contribution in [-0.4, -0.2) is 26.4 Å². The Morgan fingerprint density at radius 3 is 1.39 bits per heavy atom. The zero-order valence-electron chi connectivity index (χ0n) is 16.8. The number of hydrogen-bond donors (Lipinski definition) is 0. The van der Waals surface area contributed by atoms with E-state index >= 15 is 0 Å². The fourth-order valence-electron chi connectivity index (χ4n) is 2.70. The zero-order chi connectivity index (χ0) is 21.0. The average Bonchev–Trinajstić information content (AvgIpc) is 2.60. The van der Waals surface area contributed by atoms with Crippen LogP contribution >= 0.6 is 23.9 Å². The lowest BCUT2D eigenvalue weighted by Crippen LogP contribution is -2.03. The lowest BCUT2D eigenvalue weighted by atomic mass is 10.1. The lowest BCUT2D eigenvalue weighted by Gasteiger charge is -2.20. The van der Waals surface area contributed by atoms with Gasteiger partial charge in [0, 0.05) is 0 Å². The third-order valence-corrected chi connectivity index (χ3v) is 7.80. The van der Waals surface area contributed by atoms with E-state index in [-0.39, 0.29) is 45.4 Å². The van der Waals surface area contributed by atoms with E-state index < -0.39 is 23.9 Å². The lowest BCUT2D eigenvalue weighted by molar-refractivity contribution is 0.218. The van der Waals surface area contributed by atoms with Crippen molar-refractivity contribution in [2.45, 2.75) is 46.6 Å². The van der Waals surface area contributed by atoms with Crippen LogP contribution in [0.5, 0.6) is 0 Å². The molecule has 0 spiro atoms. The van der Waals surface area contributed by atoms with Crippen LogP contribution < -0.4 is 0 Å². The second-order valence-electron chi connectivity index (χ2n) is 5.71. The van der Waals surface area contributed by atoms with Crippen LogP contribution in [0.1, 0.15) is 44.4 Å². The second-order valence-corrected chi connectivity index (χ2v) is 10.2. The fraction of sp³-hybridized carbons (Fsp3) is 0.647. The minimum Gasteiger partial charge on any atom is -0.309 e. The zero-order valence-corrected chi connectivity index (χ0v) is 19.5. The normalized spacial score (nSPS) is 12.6. The van der Waals surface area contributed by atoms with Gasteiger partial charge in [-0.25, -0.2) is 4.57 Å². The van der Waals surface area contributed by atoms with Crippen LogP contribution in [0, 0.1) is 0 Å². The van der Waals surface area contributed by atoms with Crippen molar-refractivity contribution in [3.8, 4) is 0 Å². The van der Waals surface area contributed by atoms with Gasteiger partial charge in [-0.05, 0) is 44.4 Å². The van der Waals surface area contributed by atoms with Gasteiger partial charge in [-0.1, -0.05) is 18.2 Å². The number of hydrogen-bond acceptors (Lipinski definition) is 8. The molecule has 0 fully saturated rings. The molecule has 1 aromatic carbocycles. The summed E-state index contributed by atoms with van der Waals surface area (Å²) in [6, 6.07) is 5.31. The Bertz CT molecular complexity index is 639. The van der Waals surface area contributed by atoms with E-state index in [1.165, 1.54) is 0 Å². The molecule has 0 atom stereocenters. The third-order valence-electron chi connectivity index (χ3n) is 3.45. The smallest absolute Gasteiger partial charge is 0.309 e. The molecule has 160 valence electrons. The van der Waals surface area contributed by atoms with E-state index in [0.717, 1.165) is 0 Å². The molecule has 28 heavy (non-hydrogen) atoms. The Labute approximate surface area is 168 Å². The molecular weight excluding hydrogens is 425 g/mol. The predicted octanol–water partition coefficient (Wildman–Crippen LogP) is 5.94. The van der Waals surface area contributed by atoms with Crippen molar-refractivity contribution in [3.63, 3.8) is 0 Å². The van der Waals surface area contributed by atoms with Gasteiger partial charge in [0.25, 0.3) is 0 Å². The summed E-state index contributed by atoms with van der Waals surface area (Å²) >= 11 is 0. The molecule has 11 heteroatoms. The summed E-state index contributed by atoms with van der Waals surface area (Å²) in [5.41, 5.74) is 2.03. The van der Waals surface area contributed by atoms with Crippen LogP contribution in [0.2, 0.25) is 0 Å². The van der Waals surface area contributed by atoms with Crippen molar-refractivity contribution in [2.24, 2.45) is 0 Å². The topological polar surface area (TPSA) is 97.4 Å². The molecular formula is C17H29O8P3. The molecule has 0 aliphatic rings. The Kier molecular flexibility index (Phi) is 11.9. The van der Waals surface area contributed by atoms with Crippen molar-refractivity contribution in [1.29, 1.82) is 0 Å². The SMILES string of the molecule is CCOP(=O)(Cc1cc(COP=O)cc(CP(=O)(OCC)OCC)c1)OCC. The van der Waals surface area contributed by atoms with E-state index in [1.807, 2.05) is 0 Å². The van der Waals surface area contributed by atoms with Gasteiger partial charge in [0.1, 0.15) is 0 Å². The van der Waals surface area contributed by atoms with Gasteiger partial charge in [-0.15, -0.1) is 0 Å². The van der Waals surface area contributed by atoms with E-state index in [1.54, 1.807) is 45.9 Å². The van der Waals surface area contributed by atoms with Gasteiger partial charge in [0.15, 0.2) is 0 Å². The molecule has 1 rings (SSSR count). The highest BCUT2D eigenvalue weighted by Crippen LogP contribution is 2.53. The van der Waals surface area contributed by atoms with E-state index in [4.69, 9.17) is 22.6 Å². The van der Waals surface area contributed by atoms with Gasteiger partial charge in [-0.3, -0.25) is 13.7 Å². The summed E-state index contributed by atoms with van der Waals surface area (Å²) in [5.74, 6) is 0.